The molecule has 1 unspecified atom stereocenters. The van der Waals surface area contributed by atoms with E-state index in [0.29, 0.717) is 22.0 Å². The molecule has 0 N–H and O–H groups in total. The number of hydrogen-bond donors (Lipinski definition) is 0. The number of amides is 1. The summed E-state index contributed by atoms with van der Waals surface area (Å²) < 4.78 is 5.45. The number of carbonyl (C=O) groups is 2. The SMILES string of the molecule is CN1C(=O)C(OC(=O)/C=C/c2ccccc2)N=C(c2ccccc2)c2cc(Cl)ccc21. The fraction of sp³-hybridized carbons (Fsp3) is 0.0800. The third-order valence-electron chi connectivity index (χ3n) is 4.85. The molecule has 5 nitrogen and oxygen atoms in total. The lowest BCUT2D eigenvalue weighted by molar-refractivity contribution is -0.149. The molecule has 0 spiro atoms. The van der Waals surface area contributed by atoms with Gasteiger partial charge in [0.1, 0.15) is 0 Å². The van der Waals surface area contributed by atoms with Crippen molar-refractivity contribution in [1.29, 1.82) is 0 Å². The van der Waals surface area contributed by atoms with Crippen molar-refractivity contribution in [2.75, 3.05) is 11.9 Å². The highest BCUT2D eigenvalue weighted by molar-refractivity contribution is 6.32. The Labute approximate surface area is 185 Å². The van der Waals surface area contributed by atoms with Crippen LogP contribution in [0.3, 0.4) is 0 Å². The van der Waals surface area contributed by atoms with Crippen LogP contribution in [0.2, 0.25) is 5.02 Å². The number of carbonyl (C=O) groups excluding carboxylic acids is 2. The zero-order valence-corrected chi connectivity index (χ0v) is 17.5. The first-order valence-electron chi connectivity index (χ1n) is 9.67. The van der Waals surface area contributed by atoms with Crippen LogP contribution in [-0.2, 0) is 14.3 Å². The van der Waals surface area contributed by atoms with Crippen LogP contribution in [0.1, 0.15) is 16.7 Å². The summed E-state index contributed by atoms with van der Waals surface area (Å²) >= 11 is 6.23. The van der Waals surface area contributed by atoms with Gasteiger partial charge in [0.05, 0.1) is 11.4 Å². The van der Waals surface area contributed by atoms with Crippen molar-refractivity contribution in [1.82, 2.24) is 0 Å². The van der Waals surface area contributed by atoms with E-state index in [0.717, 1.165) is 11.1 Å². The summed E-state index contributed by atoms with van der Waals surface area (Å²) in [6.45, 7) is 0. The van der Waals surface area contributed by atoms with Gasteiger partial charge >= 0.3 is 5.97 Å². The quantitative estimate of drug-likeness (QED) is 0.444. The Bertz CT molecular complexity index is 1170. The van der Waals surface area contributed by atoms with Gasteiger partial charge in [-0.1, -0.05) is 72.3 Å². The van der Waals surface area contributed by atoms with Crippen LogP contribution in [0.15, 0.2) is 89.9 Å². The van der Waals surface area contributed by atoms with Crippen molar-refractivity contribution < 1.29 is 14.3 Å². The second-order valence-electron chi connectivity index (χ2n) is 6.94. The average Bonchev–Trinajstić information content (AvgIpc) is 2.89. The first kappa shape index (κ1) is 20.6. The van der Waals surface area contributed by atoms with Crippen LogP contribution in [0.5, 0.6) is 0 Å². The molecule has 1 amide bonds. The van der Waals surface area contributed by atoms with E-state index in [-0.39, 0.29) is 0 Å². The van der Waals surface area contributed by atoms with E-state index in [1.54, 1.807) is 31.3 Å². The van der Waals surface area contributed by atoms with Crippen LogP contribution in [-0.4, -0.2) is 30.9 Å². The van der Waals surface area contributed by atoms with E-state index < -0.39 is 18.1 Å². The van der Waals surface area contributed by atoms with Gasteiger partial charge in [-0.25, -0.2) is 9.79 Å². The van der Waals surface area contributed by atoms with E-state index in [1.165, 1.54) is 11.0 Å². The molecular weight excluding hydrogens is 412 g/mol. The molecule has 0 aromatic heterocycles. The second-order valence-corrected chi connectivity index (χ2v) is 7.37. The number of esters is 1. The maximum Gasteiger partial charge on any atom is 0.333 e. The number of ether oxygens (including phenoxy) is 1. The maximum atomic E-state index is 13.1. The van der Waals surface area contributed by atoms with Crippen LogP contribution >= 0.6 is 11.6 Å². The van der Waals surface area contributed by atoms with Gasteiger partial charge in [-0.15, -0.1) is 0 Å². The molecule has 1 atom stereocenters. The molecule has 4 rings (SSSR count). The second kappa shape index (κ2) is 8.98. The Morgan fingerprint density at radius 3 is 2.42 bits per heavy atom. The number of hydrogen-bond acceptors (Lipinski definition) is 4. The summed E-state index contributed by atoms with van der Waals surface area (Å²) in [5.41, 5.74) is 3.48. The molecule has 0 saturated heterocycles. The standard InChI is InChI=1S/C25H19ClN2O3/c1-28-21-14-13-19(26)16-20(21)23(18-10-6-3-7-11-18)27-24(25(28)30)31-22(29)15-12-17-8-4-2-5-9-17/h2-16,24H,1H3/b15-12+. The lowest BCUT2D eigenvalue weighted by atomic mass is 10.0. The zero-order valence-electron chi connectivity index (χ0n) is 16.7. The molecule has 3 aromatic carbocycles. The first-order chi connectivity index (χ1) is 15.0. The van der Waals surface area contributed by atoms with E-state index >= 15 is 0 Å². The highest BCUT2D eigenvalue weighted by Gasteiger charge is 2.32. The number of benzene rings is 3. The molecule has 0 saturated carbocycles. The lowest BCUT2D eigenvalue weighted by Gasteiger charge is -2.20. The largest absolute Gasteiger partial charge is 0.427 e. The summed E-state index contributed by atoms with van der Waals surface area (Å²) in [6.07, 6.45) is 1.60. The average molecular weight is 431 g/mol. The molecule has 0 bridgehead atoms. The summed E-state index contributed by atoms with van der Waals surface area (Å²) in [6, 6.07) is 24.0. The van der Waals surface area contributed by atoms with Gasteiger partial charge in [0.15, 0.2) is 0 Å². The number of benzodiazepines with no additional fused rings is 1. The minimum absolute atomic E-state index is 0.448. The van der Waals surface area contributed by atoms with Crippen molar-refractivity contribution in [2.24, 2.45) is 4.99 Å². The van der Waals surface area contributed by atoms with Crippen molar-refractivity contribution in [3.63, 3.8) is 0 Å². The predicted molar refractivity (Wildman–Crippen MR) is 122 cm³/mol. The van der Waals surface area contributed by atoms with E-state index in [1.807, 2.05) is 60.7 Å². The fourth-order valence-electron chi connectivity index (χ4n) is 3.30. The van der Waals surface area contributed by atoms with Crippen LogP contribution < -0.4 is 4.90 Å². The predicted octanol–water partition coefficient (Wildman–Crippen LogP) is 4.74. The highest BCUT2D eigenvalue weighted by Crippen LogP contribution is 2.30. The minimum atomic E-state index is -1.32. The normalized spacial score (nSPS) is 15.9. The van der Waals surface area contributed by atoms with Crippen LogP contribution in [0.25, 0.3) is 6.08 Å². The molecular formula is C25H19ClN2O3. The minimum Gasteiger partial charge on any atom is -0.427 e. The Morgan fingerprint density at radius 1 is 1.03 bits per heavy atom. The van der Waals surface area contributed by atoms with Crippen LogP contribution in [0, 0.1) is 0 Å². The number of anilines is 1. The smallest absolute Gasteiger partial charge is 0.333 e. The molecule has 154 valence electrons. The molecule has 0 aliphatic carbocycles. The van der Waals surface area contributed by atoms with E-state index in [2.05, 4.69) is 4.99 Å². The molecule has 1 aliphatic heterocycles. The Balaban J connectivity index is 1.71. The Morgan fingerprint density at radius 2 is 1.71 bits per heavy atom. The molecule has 1 aliphatic rings. The number of fused-ring (bicyclic) bond motifs is 1. The van der Waals surface area contributed by atoms with Crippen molar-refractivity contribution in [3.05, 3.63) is 107 Å². The topological polar surface area (TPSA) is 59.0 Å². The summed E-state index contributed by atoms with van der Waals surface area (Å²) in [7, 11) is 1.62. The first-order valence-corrected chi connectivity index (χ1v) is 10.1. The third kappa shape index (κ3) is 4.57. The van der Waals surface area contributed by atoms with Crippen molar-refractivity contribution >= 4 is 41.0 Å². The van der Waals surface area contributed by atoms with Gasteiger partial charge < -0.3 is 9.64 Å². The van der Waals surface area contributed by atoms with Crippen molar-refractivity contribution in [3.8, 4) is 0 Å². The highest BCUT2D eigenvalue weighted by atomic mass is 35.5. The zero-order chi connectivity index (χ0) is 21.8. The number of nitrogens with zero attached hydrogens (tertiary/aromatic N) is 2. The van der Waals surface area contributed by atoms with Gasteiger partial charge in [0.25, 0.3) is 12.1 Å². The van der Waals surface area contributed by atoms with Gasteiger partial charge in [0, 0.05) is 29.3 Å². The molecule has 1 heterocycles. The molecule has 0 fully saturated rings. The van der Waals surface area contributed by atoms with Crippen LogP contribution in [0.4, 0.5) is 5.69 Å². The molecule has 0 radical (unpaired) electrons. The number of aliphatic imine (C=N–C) groups is 1. The molecule has 31 heavy (non-hydrogen) atoms. The van der Waals surface area contributed by atoms with Gasteiger partial charge in [-0.3, -0.25) is 4.79 Å². The van der Waals surface area contributed by atoms with Gasteiger partial charge in [0.2, 0.25) is 0 Å². The number of rotatable bonds is 4. The monoisotopic (exact) mass is 430 g/mol. The Hall–Kier alpha value is -3.70. The van der Waals surface area contributed by atoms with Gasteiger partial charge in [-0.2, -0.15) is 0 Å². The number of likely N-dealkylation sites (N-methyl/N-ethyl adjacent to an activating group) is 1. The fourth-order valence-corrected chi connectivity index (χ4v) is 3.47. The van der Waals surface area contributed by atoms with Gasteiger partial charge in [-0.05, 0) is 29.8 Å². The third-order valence-corrected chi connectivity index (χ3v) is 5.08. The summed E-state index contributed by atoms with van der Waals surface area (Å²) in [4.78, 5) is 31.5. The maximum absolute atomic E-state index is 13.1. The van der Waals surface area contributed by atoms with E-state index in [9.17, 15) is 9.59 Å². The number of halogens is 1. The molecule has 3 aromatic rings. The summed E-state index contributed by atoms with van der Waals surface area (Å²) in [5.74, 6) is -1.10. The summed E-state index contributed by atoms with van der Waals surface area (Å²) in [5, 5.41) is 0.518. The molecule has 6 heteroatoms. The van der Waals surface area contributed by atoms with E-state index in [4.69, 9.17) is 16.3 Å². The van der Waals surface area contributed by atoms with Crippen molar-refractivity contribution in [2.45, 2.75) is 6.23 Å². The Kier molecular flexibility index (Phi) is 5.96. The lowest BCUT2D eigenvalue weighted by Crippen LogP contribution is -2.37.